The predicted molar refractivity (Wildman–Crippen MR) is 113 cm³/mol. The molecule has 1 fully saturated rings. The summed E-state index contributed by atoms with van der Waals surface area (Å²) in [4.78, 5) is 13.9. The first kappa shape index (κ1) is 26.1. The van der Waals surface area contributed by atoms with Crippen LogP contribution in [0.5, 0.6) is 0 Å². The maximum atomic E-state index is 13.1. The zero-order valence-corrected chi connectivity index (χ0v) is 19.2. The normalized spacial score (nSPS) is 16.5. The molecule has 0 atom stereocenters. The zero-order chi connectivity index (χ0) is 25.5. The van der Waals surface area contributed by atoms with Crippen molar-refractivity contribution in [3.63, 3.8) is 0 Å². The smallest absolute Gasteiger partial charge is 0.341 e. The van der Waals surface area contributed by atoms with E-state index in [1.807, 2.05) is 0 Å². The van der Waals surface area contributed by atoms with Crippen LogP contribution in [0.25, 0.3) is 0 Å². The minimum Gasteiger partial charge on any atom is -0.341 e. The number of nitrogens with zero attached hydrogens (tertiary/aromatic N) is 1. The van der Waals surface area contributed by atoms with Gasteiger partial charge in [-0.05, 0) is 68.5 Å². The van der Waals surface area contributed by atoms with E-state index in [9.17, 15) is 39.6 Å². The number of hydrogen-bond donors (Lipinski definition) is 0. The molecule has 1 amide bonds. The first-order valence-corrected chi connectivity index (χ1v) is 11.9. The van der Waals surface area contributed by atoms with E-state index in [1.165, 1.54) is 17.0 Å². The molecule has 1 saturated heterocycles. The summed E-state index contributed by atoms with van der Waals surface area (Å²) >= 11 is 0. The van der Waals surface area contributed by atoms with Crippen LogP contribution in [0.15, 0.2) is 53.4 Å². The van der Waals surface area contributed by atoms with Gasteiger partial charge in [0.05, 0.1) is 16.0 Å². The highest BCUT2D eigenvalue weighted by atomic mass is 32.2. The van der Waals surface area contributed by atoms with Gasteiger partial charge in [0, 0.05) is 13.1 Å². The Hall–Kier alpha value is -2.56. The number of sulfone groups is 1. The number of halogens is 6. The largest absolute Gasteiger partial charge is 0.416 e. The Bertz CT molecular complexity index is 1150. The highest BCUT2D eigenvalue weighted by Gasteiger charge is 2.46. The van der Waals surface area contributed by atoms with Crippen molar-refractivity contribution < 1.29 is 39.6 Å². The number of carbonyl (C=O) groups is 1. The second kappa shape index (κ2) is 8.90. The number of amides is 1. The van der Waals surface area contributed by atoms with E-state index in [2.05, 4.69) is 0 Å². The number of carbonyl (C=O) groups excluding carboxylic acids is 1. The van der Waals surface area contributed by atoms with Crippen molar-refractivity contribution >= 4 is 15.7 Å². The molecule has 0 saturated carbocycles. The van der Waals surface area contributed by atoms with Crippen LogP contribution in [-0.2, 0) is 27.0 Å². The molecule has 0 aliphatic carbocycles. The Labute approximate surface area is 193 Å². The average Bonchev–Trinajstić information content (AvgIpc) is 2.77. The molecule has 0 aromatic heterocycles. The second-order valence-corrected chi connectivity index (χ2v) is 11.2. The lowest BCUT2D eigenvalue weighted by atomic mass is 9.88. The topological polar surface area (TPSA) is 54.5 Å². The van der Waals surface area contributed by atoms with Gasteiger partial charge < -0.3 is 4.90 Å². The lowest BCUT2D eigenvalue weighted by Crippen LogP contribution is -2.52. The number of piperidine rings is 1. The van der Waals surface area contributed by atoms with Crippen LogP contribution in [0.3, 0.4) is 0 Å². The molecule has 34 heavy (non-hydrogen) atoms. The fraction of sp³-hybridized carbons (Fsp3) is 0.435. The molecule has 3 rings (SSSR count). The maximum Gasteiger partial charge on any atom is 0.416 e. The van der Waals surface area contributed by atoms with Crippen molar-refractivity contribution in [3.8, 4) is 0 Å². The first-order chi connectivity index (χ1) is 15.5. The van der Waals surface area contributed by atoms with Crippen molar-refractivity contribution in [1.82, 2.24) is 4.90 Å². The number of rotatable bonds is 4. The van der Waals surface area contributed by atoms with Gasteiger partial charge in [-0.1, -0.05) is 18.2 Å². The highest BCUT2D eigenvalue weighted by molar-refractivity contribution is 7.93. The molecule has 0 bridgehead atoms. The molecule has 2 aromatic carbocycles. The number of benzene rings is 2. The minimum atomic E-state index is -4.74. The van der Waals surface area contributed by atoms with Crippen LogP contribution < -0.4 is 0 Å². The van der Waals surface area contributed by atoms with Crippen LogP contribution >= 0.6 is 0 Å². The summed E-state index contributed by atoms with van der Waals surface area (Å²) in [6, 6.07) is 8.05. The highest BCUT2D eigenvalue weighted by Crippen LogP contribution is 2.36. The number of alkyl halides is 6. The molecule has 1 aliphatic heterocycles. The standard InChI is InChI=1S/C23H23F6NO3S/c1-21(2,34(32,33)19-5-3-4-18(14-19)23(27,28)29)20(31)30-12-10-16(11-13-30)15-6-8-17(9-7-15)22(24,25)26/h3-9,14,16H,10-13H2,1-2H3. The fourth-order valence-electron chi connectivity index (χ4n) is 3.99. The van der Waals surface area contributed by atoms with Crippen LogP contribution in [-0.4, -0.2) is 37.1 Å². The minimum absolute atomic E-state index is 0.102. The zero-order valence-electron chi connectivity index (χ0n) is 18.4. The van der Waals surface area contributed by atoms with Crippen molar-refractivity contribution in [3.05, 3.63) is 65.2 Å². The third-order valence-electron chi connectivity index (χ3n) is 6.15. The molecule has 1 heterocycles. The van der Waals surface area contributed by atoms with Crippen LogP contribution in [0.4, 0.5) is 26.3 Å². The third-order valence-corrected chi connectivity index (χ3v) is 8.54. The van der Waals surface area contributed by atoms with Crippen molar-refractivity contribution in [2.24, 2.45) is 0 Å². The summed E-state index contributed by atoms with van der Waals surface area (Å²) < 4.78 is 102. The van der Waals surface area contributed by atoms with Gasteiger partial charge in [-0.3, -0.25) is 4.79 Å². The van der Waals surface area contributed by atoms with Crippen molar-refractivity contribution in [2.75, 3.05) is 13.1 Å². The molecule has 4 nitrogen and oxygen atoms in total. The maximum absolute atomic E-state index is 13.1. The molecule has 0 unspecified atom stereocenters. The summed E-state index contributed by atoms with van der Waals surface area (Å²) in [6.45, 7) is 2.66. The summed E-state index contributed by atoms with van der Waals surface area (Å²) in [5, 5.41) is 0. The molecule has 0 radical (unpaired) electrons. The number of hydrogen-bond acceptors (Lipinski definition) is 3. The third kappa shape index (κ3) is 5.08. The predicted octanol–water partition coefficient (Wildman–Crippen LogP) is 5.68. The molecule has 11 heteroatoms. The Morgan fingerprint density at radius 3 is 1.88 bits per heavy atom. The van der Waals surface area contributed by atoms with Crippen LogP contribution in [0.1, 0.15) is 49.3 Å². The summed E-state index contributed by atoms with van der Waals surface area (Å²) in [6.07, 6.45) is -8.35. The molecular weight excluding hydrogens is 484 g/mol. The molecule has 186 valence electrons. The van der Waals surface area contributed by atoms with Gasteiger partial charge in [-0.2, -0.15) is 26.3 Å². The van der Waals surface area contributed by atoms with Crippen LogP contribution in [0, 0.1) is 0 Å². The van der Waals surface area contributed by atoms with Crippen molar-refractivity contribution in [2.45, 2.75) is 54.6 Å². The van der Waals surface area contributed by atoms with Gasteiger partial charge >= 0.3 is 12.4 Å². The van der Waals surface area contributed by atoms with E-state index < -0.39 is 48.9 Å². The SMILES string of the molecule is CC(C)(C(=O)N1CCC(c2ccc(C(F)(F)F)cc2)CC1)S(=O)(=O)c1cccc(C(F)(F)F)c1. The number of likely N-dealkylation sites (tertiary alicyclic amines) is 1. The molecule has 2 aromatic rings. The van der Waals surface area contributed by atoms with E-state index in [1.54, 1.807) is 0 Å². The Balaban J connectivity index is 1.74. The van der Waals surface area contributed by atoms with Gasteiger partial charge in [0.2, 0.25) is 5.91 Å². The Morgan fingerprint density at radius 2 is 1.38 bits per heavy atom. The lowest BCUT2D eigenvalue weighted by Gasteiger charge is -2.37. The monoisotopic (exact) mass is 507 g/mol. The lowest BCUT2D eigenvalue weighted by molar-refractivity contribution is -0.138. The van der Waals surface area contributed by atoms with E-state index in [0.29, 0.717) is 24.5 Å². The molecule has 0 spiro atoms. The van der Waals surface area contributed by atoms with Gasteiger partial charge in [0.15, 0.2) is 9.84 Å². The van der Waals surface area contributed by atoms with Gasteiger partial charge in [-0.25, -0.2) is 8.42 Å². The van der Waals surface area contributed by atoms with Gasteiger partial charge in [0.1, 0.15) is 4.75 Å². The average molecular weight is 507 g/mol. The van der Waals surface area contributed by atoms with E-state index in [0.717, 1.165) is 44.2 Å². The Kier molecular flexibility index (Phi) is 6.82. The quantitative estimate of drug-likeness (QED) is 0.501. The summed E-state index contributed by atoms with van der Waals surface area (Å²) in [5.74, 6) is -0.842. The van der Waals surface area contributed by atoms with Crippen molar-refractivity contribution in [1.29, 1.82) is 0 Å². The molecule has 1 aliphatic rings. The van der Waals surface area contributed by atoms with Gasteiger partial charge in [-0.15, -0.1) is 0 Å². The summed E-state index contributed by atoms with van der Waals surface area (Å²) in [7, 11) is -4.45. The first-order valence-electron chi connectivity index (χ1n) is 10.4. The van der Waals surface area contributed by atoms with E-state index in [-0.39, 0.29) is 19.0 Å². The van der Waals surface area contributed by atoms with E-state index in [4.69, 9.17) is 0 Å². The van der Waals surface area contributed by atoms with Gasteiger partial charge in [0.25, 0.3) is 0 Å². The van der Waals surface area contributed by atoms with E-state index >= 15 is 0 Å². The second-order valence-electron chi connectivity index (χ2n) is 8.73. The fourth-order valence-corrected chi connectivity index (χ4v) is 5.48. The van der Waals surface area contributed by atoms with Crippen LogP contribution in [0.2, 0.25) is 0 Å². The molecule has 0 N–H and O–H groups in total. The summed E-state index contributed by atoms with van der Waals surface area (Å²) in [5.41, 5.74) is -1.20. The molecular formula is C23H23F6NO3S. The Morgan fingerprint density at radius 1 is 0.853 bits per heavy atom.